The first-order chi connectivity index (χ1) is 16.6. The van der Waals surface area contributed by atoms with Crippen LogP contribution in [0.25, 0.3) is 0 Å². The van der Waals surface area contributed by atoms with Gasteiger partial charge in [0.2, 0.25) is 11.8 Å². The maximum Gasteiger partial charge on any atom is 0.250 e. The number of hydrogen-bond acceptors (Lipinski definition) is 4. The Morgan fingerprint density at radius 3 is 2.20 bits per heavy atom. The second kappa shape index (κ2) is 9.72. The van der Waals surface area contributed by atoms with Crippen LogP contribution < -0.4 is 10.2 Å². The highest BCUT2D eigenvalue weighted by Gasteiger charge is 2.54. The van der Waals surface area contributed by atoms with Gasteiger partial charge >= 0.3 is 0 Å². The van der Waals surface area contributed by atoms with Gasteiger partial charge in [-0.1, -0.05) is 56.7 Å². The number of aryl methyl sites for hydroxylation is 1. The lowest BCUT2D eigenvalue weighted by molar-refractivity contribution is -0.140. The molecule has 0 atom stereocenters. The zero-order chi connectivity index (χ0) is 25.2. The van der Waals surface area contributed by atoms with E-state index < -0.39 is 5.54 Å². The van der Waals surface area contributed by atoms with Crippen molar-refractivity contribution in [3.63, 3.8) is 0 Å². The minimum Gasteiger partial charge on any atom is -0.342 e. The maximum atomic E-state index is 13.8. The second-order valence-electron chi connectivity index (χ2n) is 11.0. The Morgan fingerprint density at radius 1 is 0.971 bits per heavy atom. The Kier molecular flexibility index (Phi) is 6.88. The van der Waals surface area contributed by atoms with E-state index in [1.54, 1.807) is 4.90 Å². The van der Waals surface area contributed by atoms with E-state index in [0.29, 0.717) is 44.7 Å². The van der Waals surface area contributed by atoms with Crippen LogP contribution in [0.2, 0.25) is 0 Å². The molecule has 7 heteroatoms. The number of anilines is 2. The molecule has 2 saturated heterocycles. The van der Waals surface area contributed by atoms with Gasteiger partial charge in [-0.3, -0.25) is 14.4 Å². The van der Waals surface area contributed by atoms with Crippen molar-refractivity contribution in [1.29, 1.82) is 0 Å². The number of nitrogens with one attached hydrogen (secondary N) is 1. The Balaban J connectivity index is 1.50. The number of amides is 3. The Hall–Kier alpha value is -3.35. The molecule has 0 radical (unpaired) electrons. The number of para-hydroxylation sites is 1. The zero-order valence-corrected chi connectivity index (χ0v) is 21.2. The number of nitrogens with zero attached hydrogens (tertiary/aromatic N) is 3. The van der Waals surface area contributed by atoms with Crippen molar-refractivity contribution >= 4 is 29.1 Å². The van der Waals surface area contributed by atoms with E-state index in [4.69, 9.17) is 0 Å². The van der Waals surface area contributed by atoms with Gasteiger partial charge in [0, 0.05) is 30.9 Å². The molecule has 2 aliphatic heterocycles. The van der Waals surface area contributed by atoms with Crippen molar-refractivity contribution in [2.75, 3.05) is 36.5 Å². The first-order valence-corrected chi connectivity index (χ1v) is 12.3. The molecule has 2 aliphatic rings. The number of piperidine rings is 1. The van der Waals surface area contributed by atoms with Crippen molar-refractivity contribution in [1.82, 2.24) is 9.80 Å². The standard InChI is InChI=1S/C28H36N4O3/c1-21-10-12-22(13-11-21)29-24(33)19-31-20-32(23-8-6-5-7-9-23)28(26(31)35)14-16-30(17-15-28)25(34)18-27(2,3)4/h5-13H,14-20H2,1-4H3,(H,29,33). The summed E-state index contributed by atoms with van der Waals surface area (Å²) in [6.45, 7) is 9.59. The molecular formula is C28H36N4O3. The highest BCUT2D eigenvalue weighted by Crippen LogP contribution is 2.39. The SMILES string of the molecule is Cc1ccc(NC(=O)CN2CN(c3ccccc3)C3(CCN(C(=O)CC(C)(C)C)CC3)C2=O)cc1. The molecular weight excluding hydrogens is 440 g/mol. The molecule has 1 N–H and O–H groups in total. The fraction of sp³-hybridized carbons (Fsp3) is 0.464. The van der Waals surface area contributed by atoms with E-state index in [1.807, 2.05) is 66.4 Å². The van der Waals surface area contributed by atoms with Gasteiger partial charge < -0.3 is 20.0 Å². The first kappa shape index (κ1) is 24.8. The Labute approximate surface area is 208 Å². The van der Waals surface area contributed by atoms with Crippen molar-refractivity contribution in [2.24, 2.45) is 5.41 Å². The molecule has 1 spiro atoms. The van der Waals surface area contributed by atoms with E-state index in [0.717, 1.165) is 11.3 Å². The number of hydrogen-bond donors (Lipinski definition) is 1. The molecule has 0 bridgehead atoms. The summed E-state index contributed by atoms with van der Waals surface area (Å²) in [5.41, 5.74) is 1.96. The zero-order valence-electron chi connectivity index (χ0n) is 21.2. The van der Waals surface area contributed by atoms with Gasteiger partial charge in [-0.05, 0) is 49.4 Å². The summed E-state index contributed by atoms with van der Waals surface area (Å²) in [4.78, 5) is 45.1. The molecule has 2 heterocycles. The largest absolute Gasteiger partial charge is 0.342 e. The molecule has 2 fully saturated rings. The van der Waals surface area contributed by atoms with Crippen LogP contribution >= 0.6 is 0 Å². The predicted molar refractivity (Wildman–Crippen MR) is 138 cm³/mol. The van der Waals surface area contributed by atoms with Gasteiger partial charge in [0.1, 0.15) is 12.1 Å². The summed E-state index contributed by atoms with van der Waals surface area (Å²) >= 11 is 0. The third-order valence-electron chi connectivity index (χ3n) is 6.88. The van der Waals surface area contributed by atoms with Gasteiger partial charge in [-0.15, -0.1) is 0 Å². The lowest BCUT2D eigenvalue weighted by atomic mass is 9.84. The Bertz CT molecular complexity index is 1070. The van der Waals surface area contributed by atoms with E-state index in [9.17, 15) is 14.4 Å². The number of likely N-dealkylation sites (tertiary alicyclic amines) is 1. The molecule has 35 heavy (non-hydrogen) atoms. The summed E-state index contributed by atoms with van der Waals surface area (Å²) in [6, 6.07) is 17.5. The van der Waals surface area contributed by atoms with Gasteiger partial charge in [0.15, 0.2) is 0 Å². The summed E-state index contributed by atoms with van der Waals surface area (Å²) in [7, 11) is 0. The molecule has 0 saturated carbocycles. The minimum atomic E-state index is -0.746. The maximum absolute atomic E-state index is 13.8. The molecule has 186 valence electrons. The lowest BCUT2D eigenvalue weighted by Gasteiger charge is -2.43. The average Bonchev–Trinajstić information content (AvgIpc) is 3.06. The summed E-state index contributed by atoms with van der Waals surface area (Å²) in [5, 5.41) is 2.90. The molecule has 2 aromatic carbocycles. The van der Waals surface area contributed by atoms with Crippen LogP contribution in [0.1, 0.15) is 45.6 Å². The third kappa shape index (κ3) is 5.50. The van der Waals surface area contributed by atoms with Gasteiger partial charge in [-0.25, -0.2) is 0 Å². The van der Waals surface area contributed by atoms with Crippen LogP contribution in [0.15, 0.2) is 54.6 Å². The summed E-state index contributed by atoms with van der Waals surface area (Å²) in [5.74, 6) is -0.119. The van der Waals surface area contributed by atoms with E-state index in [-0.39, 0.29) is 29.7 Å². The second-order valence-corrected chi connectivity index (χ2v) is 11.0. The van der Waals surface area contributed by atoms with E-state index in [1.165, 1.54) is 0 Å². The van der Waals surface area contributed by atoms with Gasteiger partial charge in [0.25, 0.3) is 5.91 Å². The van der Waals surface area contributed by atoms with Crippen LogP contribution in [0, 0.1) is 12.3 Å². The third-order valence-corrected chi connectivity index (χ3v) is 6.88. The average molecular weight is 477 g/mol. The molecule has 3 amide bonds. The van der Waals surface area contributed by atoms with Crippen molar-refractivity contribution < 1.29 is 14.4 Å². The number of rotatable bonds is 5. The molecule has 7 nitrogen and oxygen atoms in total. The van der Waals surface area contributed by atoms with Gasteiger partial charge in [0.05, 0.1) is 6.67 Å². The minimum absolute atomic E-state index is 0.00946. The molecule has 4 rings (SSSR count). The number of carbonyl (C=O) groups is 3. The summed E-state index contributed by atoms with van der Waals surface area (Å²) < 4.78 is 0. The van der Waals surface area contributed by atoms with Crippen LogP contribution in [-0.2, 0) is 14.4 Å². The number of benzene rings is 2. The molecule has 0 unspecified atom stereocenters. The van der Waals surface area contributed by atoms with Crippen LogP contribution in [0.3, 0.4) is 0 Å². The fourth-order valence-corrected chi connectivity index (χ4v) is 5.02. The molecule has 0 aliphatic carbocycles. The van der Waals surface area contributed by atoms with Crippen molar-refractivity contribution in [3.8, 4) is 0 Å². The smallest absolute Gasteiger partial charge is 0.250 e. The van der Waals surface area contributed by atoms with E-state index in [2.05, 4.69) is 31.0 Å². The molecule has 2 aromatic rings. The van der Waals surface area contributed by atoms with Crippen LogP contribution in [0.5, 0.6) is 0 Å². The summed E-state index contributed by atoms with van der Waals surface area (Å²) in [6.07, 6.45) is 1.58. The monoisotopic (exact) mass is 476 g/mol. The lowest BCUT2D eigenvalue weighted by Crippen LogP contribution is -2.57. The van der Waals surface area contributed by atoms with Crippen LogP contribution in [-0.4, -0.2) is 59.4 Å². The highest BCUT2D eigenvalue weighted by atomic mass is 16.2. The topological polar surface area (TPSA) is 73.0 Å². The van der Waals surface area contributed by atoms with Gasteiger partial charge in [-0.2, -0.15) is 0 Å². The van der Waals surface area contributed by atoms with Crippen molar-refractivity contribution in [2.45, 2.75) is 52.5 Å². The first-order valence-electron chi connectivity index (χ1n) is 12.3. The van der Waals surface area contributed by atoms with Crippen molar-refractivity contribution in [3.05, 3.63) is 60.2 Å². The highest BCUT2D eigenvalue weighted by molar-refractivity contribution is 5.99. The van der Waals surface area contributed by atoms with E-state index >= 15 is 0 Å². The Morgan fingerprint density at radius 2 is 1.60 bits per heavy atom. The van der Waals surface area contributed by atoms with Crippen LogP contribution in [0.4, 0.5) is 11.4 Å². The fourth-order valence-electron chi connectivity index (χ4n) is 5.02. The normalized spacial score (nSPS) is 17.7. The predicted octanol–water partition coefficient (Wildman–Crippen LogP) is 4.04. The number of carbonyl (C=O) groups excluding carboxylic acids is 3. The molecule has 0 aromatic heterocycles. The quantitative estimate of drug-likeness (QED) is 0.707.